The number of aromatic nitrogens is 3. The van der Waals surface area contributed by atoms with Gasteiger partial charge in [0.2, 0.25) is 0 Å². The van der Waals surface area contributed by atoms with Gasteiger partial charge in [-0.25, -0.2) is 22.4 Å². The molecule has 2 aromatic heterocycles. The molecule has 3 rings (SSSR count). The Morgan fingerprint density at radius 1 is 0.944 bits per heavy atom. The van der Waals surface area contributed by atoms with Gasteiger partial charge in [0, 0.05) is 6.20 Å². The van der Waals surface area contributed by atoms with E-state index in [-0.39, 0.29) is 4.90 Å². The number of benzene rings is 1. The number of rotatable bonds is 2. The van der Waals surface area contributed by atoms with Gasteiger partial charge in [-0.05, 0) is 24.3 Å². The second kappa shape index (κ2) is 3.92. The highest BCUT2D eigenvalue weighted by Gasteiger charge is 2.19. The van der Waals surface area contributed by atoms with E-state index in [1.54, 1.807) is 48.7 Å². The first kappa shape index (κ1) is 10.9. The molecule has 6 heteroatoms. The molecular weight excluding hydrogens is 250 g/mol. The summed E-state index contributed by atoms with van der Waals surface area (Å²) in [5.74, 6) is 0. The molecule has 2 heterocycles. The van der Waals surface area contributed by atoms with Gasteiger partial charge in [-0.3, -0.25) is 0 Å². The normalized spacial score (nSPS) is 11.8. The molecule has 0 unspecified atom stereocenters. The third kappa shape index (κ3) is 1.58. The van der Waals surface area contributed by atoms with Gasteiger partial charge in [0.05, 0.1) is 4.90 Å². The van der Waals surface area contributed by atoms with Crippen molar-refractivity contribution in [2.24, 2.45) is 0 Å². The van der Waals surface area contributed by atoms with Crippen LogP contribution in [0.5, 0.6) is 0 Å². The fourth-order valence-electron chi connectivity index (χ4n) is 1.73. The Bertz CT molecular complexity index is 794. The van der Waals surface area contributed by atoms with Crippen molar-refractivity contribution in [1.82, 2.24) is 13.9 Å². The standard InChI is InChI=1S/C12H9N3O2S/c16-18(17,10-5-2-1-3-6-10)15-9-14-12-11(15)7-4-8-13-12/h1-9H. The Labute approximate surface area is 104 Å². The Balaban J connectivity index is 2.27. The van der Waals surface area contributed by atoms with Crippen LogP contribution in [-0.4, -0.2) is 22.4 Å². The van der Waals surface area contributed by atoms with Crippen LogP contribution in [0, 0.1) is 0 Å². The maximum atomic E-state index is 12.4. The van der Waals surface area contributed by atoms with Crippen molar-refractivity contribution >= 4 is 21.2 Å². The Morgan fingerprint density at radius 2 is 1.72 bits per heavy atom. The minimum absolute atomic E-state index is 0.230. The SMILES string of the molecule is O=S(=O)(c1ccccc1)n1cnc2ncccc21. The molecule has 0 atom stereocenters. The van der Waals surface area contributed by atoms with Gasteiger partial charge in [-0.1, -0.05) is 18.2 Å². The molecular formula is C12H9N3O2S. The predicted molar refractivity (Wildman–Crippen MR) is 66.6 cm³/mol. The van der Waals surface area contributed by atoms with E-state index in [0.717, 1.165) is 3.97 Å². The van der Waals surface area contributed by atoms with Crippen molar-refractivity contribution in [1.29, 1.82) is 0 Å². The number of pyridine rings is 1. The van der Waals surface area contributed by atoms with Crippen LogP contribution in [-0.2, 0) is 10.0 Å². The van der Waals surface area contributed by atoms with E-state index in [9.17, 15) is 8.42 Å². The number of fused-ring (bicyclic) bond motifs is 1. The minimum Gasteiger partial charge on any atom is -0.235 e. The van der Waals surface area contributed by atoms with Gasteiger partial charge in [-0.15, -0.1) is 0 Å². The van der Waals surface area contributed by atoms with E-state index in [1.807, 2.05) is 0 Å². The van der Waals surface area contributed by atoms with Crippen molar-refractivity contribution in [3.8, 4) is 0 Å². The summed E-state index contributed by atoms with van der Waals surface area (Å²) in [5, 5.41) is 0. The fourth-order valence-corrected chi connectivity index (χ4v) is 3.03. The van der Waals surface area contributed by atoms with Gasteiger partial charge in [0.25, 0.3) is 10.0 Å². The van der Waals surface area contributed by atoms with Gasteiger partial charge in [0.15, 0.2) is 5.65 Å². The quantitative estimate of drug-likeness (QED) is 0.702. The molecule has 0 aliphatic rings. The topological polar surface area (TPSA) is 64.8 Å². The van der Waals surface area contributed by atoms with Crippen LogP contribution in [0.3, 0.4) is 0 Å². The van der Waals surface area contributed by atoms with Crippen molar-refractivity contribution in [3.05, 3.63) is 55.0 Å². The molecule has 0 aliphatic heterocycles. The van der Waals surface area contributed by atoms with Crippen molar-refractivity contribution in [3.63, 3.8) is 0 Å². The number of hydrogen-bond donors (Lipinski definition) is 0. The van der Waals surface area contributed by atoms with Crippen LogP contribution in [0.15, 0.2) is 59.9 Å². The largest absolute Gasteiger partial charge is 0.269 e. The highest BCUT2D eigenvalue weighted by molar-refractivity contribution is 7.90. The lowest BCUT2D eigenvalue weighted by atomic mass is 10.4. The van der Waals surface area contributed by atoms with E-state index < -0.39 is 10.0 Å². The summed E-state index contributed by atoms with van der Waals surface area (Å²) in [6, 6.07) is 11.6. The minimum atomic E-state index is -3.61. The second-order valence-corrected chi connectivity index (χ2v) is 5.52. The molecule has 0 saturated carbocycles. The summed E-state index contributed by atoms with van der Waals surface area (Å²) >= 11 is 0. The van der Waals surface area contributed by atoms with Gasteiger partial charge in [0.1, 0.15) is 11.8 Å². The van der Waals surface area contributed by atoms with E-state index >= 15 is 0 Å². The molecule has 0 saturated heterocycles. The first-order chi connectivity index (χ1) is 8.69. The molecule has 18 heavy (non-hydrogen) atoms. The number of nitrogens with zero attached hydrogens (tertiary/aromatic N) is 3. The lowest BCUT2D eigenvalue weighted by Crippen LogP contribution is -2.11. The Hall–Kier alpha value is -2.21. The zero-order valence-electron chi connectivity index (χ0n) is 9.26. The monoisotopic (exact) mass is 259 g/mol. The van der Waals surface area contributed by atoms with Crippen LogP contribution in [0.4, 0.5) is 0 Å². The summed E-state index contributed by atoms with van der Waals surface area (Å²) in [6.45, 7) is 0. The summed E-state index contributed by atoms with van der Waals surface area (Å²) in [7, 11) is -3.61. The van der Waals surface area contributed by atoms with Crippen molar-refractivity contribution in [2.45, 2.75) is 4.90 Å². The predicted octanol–water partition coefficient (Wildman–Crippen LogP) is 1.67. The molecule has 5 nitrogen and oxygen atoms in total. The lowest BCUT2D eigenvalue weighted by molar-refractivity contribution is 0.588. The van der Waals surface area contributed by atoms with E-state index in [1.165, 1.54) is 6.33 Å². The summed E-state index contributed by atoms with van der Waals surface area (Å²) in [5.41, 5.74) is 0.887. The first-order valence-electron chi connectivity index (χ1n) is 5.28. The highest BCUT2D eigenvalue weighted by Crippen LogP contribution is 2.18. The Morgan fingerprint density at radius 3 is 2.50 bits per heavy atom. The Kier molecular flexibility index (Phi) is 2.38. The van der Waals surface area contributed by atoms with Crippen LogP contribution >= 0.6 is 0 Å². The van der Waals surface area contributed by atoms with Gasteiger partial charge >= 0.3 is 0 Å². The summed E-state index contributed by atoms with van der Waals surface area (Å²) in [6.07, 6.45) is 2.86. The van der Waals surface area contributed by atoms with E-state index in [2.05, 4.69) is 9.97 Å². The molecule has 3 aromatic rings. The molecule has 1 aromatic carbocycles. The van der Waals surface area contributed by atoms with Gasteiger partial charge in [-0.2, -0.15) is 0 Å². The average molecular weight is 259 g/mol. The molecule has 0 radical (unpaired) electrons. The fraction of sp³-hybridized carbons (Fsp3) is 0. The van der Waals surface area contributed by atoms with E-state index in [4.69, 9.17) is 0 Å². The van der Waals surface area contributed by atoms with Crippen LogP contribution in [0.1, 0.15) is 0 Å². The highest BCUT2D eigenvalue weighted by atomic mass is 32.2. The smallest absolute Gasteiger partial charge is 0.235 e. The zero-order valence-corrected chi connectivity index (χ0v) is 10.1. The molecule has 0 amide bonds. The lowest BCUT2D eigenvalue weighted by Gasteiger charge is -2.05. The second-order valence-electron chi connectivity index (χ2n) is 3.70. The van der Waals surface area contributed by atoms with Crippen LogP contribution < -0.4 is 0 Å². The van der Waals surface area contributed by atoms with Crippen LogP contribution in [0.25, 0.3) is 11.2 Å². The molecule has 0 bridgehead atoms. The summed E-state index contributed by atoms with van der Waals surface area (Å²) in [4.78, 5) is 8.23. The molecule has 0 fully saturated rings. The number of imidazole rings is 1. The zero-order chi connectivity index (χ0) is 12.6. The molecule has 0 N–H and O–H groups in total. The maximum absolute atomic E-state index is 12.4. The first-order valence-corrected chi connectivity index (χ1v) is 6.72. The van der Waals surface area contributed by atoms with E-state index in [0.29, 0.717) is 11.2 Å². The van der Waals surface area contributed by atoms with Gasteiger partial charge < -0.3 is 0 Å². The maximum Gasteiger partial charge on any atom is 0.269 e. The molecule has 90 valence electrons. The van der Waals surface area contributed by atoms with Crippen LogP contribution in [0.2, 0.25) is 0 Å². The third-order valence-corrected chi connectivity index (χ3v) is 4.27. The summed E-state index contributed by atoms with van der Waals surface area (Å²) < 4.78 is 26.0. The average Bonchev–Trinajstić information content (AvgIpc) is 2.84. The number of hydrogen-bond acceptors (Lipinski definition) is 4. The molecule has 0 spiro atoms. The van der Waals surface area contributed by atoms with Crippen molar-refractivity contribution in [2.75, 3.05) is 0 Å². The third-order valence-electron chi connectivity index (χ3n) is 2.59. The van der Waals surface area contributed by atoms with Crippen molar-refractivity contribution < 1.29 is 8.42 Å². The molecule has 0 aliphatic carbocycles.